The number of ether oxygens (including phenoxy) is 1. The zero-order chi connectivity index (χ0) is 15.1. The first-order valence-corrected chi connectivity index (χ1v) is 8.41. The first-order chi connectivity index (χ1) is 10.3. The molecule has 1 saturated carbocycles. The highest BCUT2D eigenvalue weighted by Crippen LogP contribution is 2.28. The fourth-order valence-electron chi connectivity index (χ4n) is 3.41. The van der Waals surface area contributed by atoms with Crippen molar-refractivity contribution in [2.45, 2.75) is 57.5 Å². The highest BCUT2D eigenvalue weighted by molar-refractivity contribution is 5.29. The standard InChI is InChI=1S/C18H30N2O/c1-3-21-17-12-10-15(11-13-17)18(14-19)20(2)16-8-6-4-5-7-9-16/h10-13,16,18H,3-9,14,19H2,1-2H3. The molecule has 0 amide bonds. The number of nitrogens with zero attached hydrogens (tertiary/aromatic N) is 1. The van der Waals surface area contributed by atoms with E-state index < -0.39 is 0 Å². The molecule has 1 aliphatic rings. The fraction of sp³-hybridized carbons (Fsp3) is 0.667. The Morgan fingerprint density at radius 1 is 1.14 bits per heavy atom. The van der Waals surface area contributed by atoms with Crippen molar-refractivity contribution in [2.24, 2.45) is 5.73 Å². The molecule has 21 heavy (non-hydrogen) atoms. The molecule has 0 heterocycles. The van der Waals surface area contributed by atoms with E-state index in [0.717, 1.165) is 5.75 Å². The monoisotopic (exact) mass is 290 g/mol. The van der Waals surface area contributed by atoms with Gasteiger partial charge in [-0.2, -0.15) is 0 Å². The second kappa shape index (κ2) is 8.40. The van der Waals surface area contributed by atoms with Crippen LogP contribution in [0.3, 0.4) is 0 Å². The molecular formula is C18H30N2O. The molecule has 1 aliphatic carbocycles. The van der Waals surface area contributed by atoms with Crippen molar-refractivity contribution < 1.29 is 4.74 Å². The third kappa shape index (κ3) is 4.45. The summed E-state index contributed by atoms with van der Waals surface area (Å²) in [5, 5.41) is 0. The number of benzene rings is 1. The molecule has 0 saturated heterocycles. The van der Waals surface area contributed by atoms with Gasteiger partial charge in [-0.25, -0.2) is 0 Å². The molecule has 0 bridgehead atoms. The number of hydrogen-bond donors (Lipinski definition) is 1. The maximum atomic E-state index is 6.08. The van der Waals surface area contributed by atoms with Gasteiger partial charge in [-0.05, 0) is 44.5 Å². The van der Waals surface area contributed by atoms with E-state index in [1.54, 1.807) is 0 Å². The maximum Gasteiger partial charge on any atom is 0.119 e. The van der Waals surface area contributed by atoms with Crippen molar-refractivity contribution in [1.29, 1.82) is 0 Å². The van der Waals surface area contributed by atoms with E-state index in [-0.39, 0.29) is 0 Å². The normalized spacial score (nSPS) is 18.5. The summed E-state index contributed by atoms with van der Waals surface area (Å²) in [7, 11) is 2.24. The Labute approximate surface area is 129 Å². The lowest BCUT2D eigenvalue weighted by atomic mass is 10.0. The minimum Gasteiger partial charge on any atom is -0.494 e. The summed E-state index contributed by atoms with van der Waals surface area (Å²) in [4.78, 5) is 2.50. The molecule has 0 aliphatic heterocycles. The highest BCUT2D eigenvalue weighted by Gasteiger charge is 2.24. The second-order valence-electron chi connectivity index (χ2n) is 6.06. The minimum atomic E-state index is 0.309. The molecule has 0 spiro atoms. The lowest BCUT2D eigenvalue weighted by Crippen LogP contribution is -2.38. The average molecular weight is 290 g/mol. The summed E-state index contributed by atoms with van der Waals surface area (Å²) in [5.41, 5.74) is 7.37. The van der Waals surface area contributed by atoms with Gasteiger partial charge in [-0.3, -0.25) is 4.90 Å². The Morgan fingerprint density at radius 3 is 2.29 bits per heavy atom. The topological polar surface area (TPSA) is 38.5 Å². The van der Waals surface area contributed by atoms with Gasteiger partial charge in [0.1, 0.15) is 5.75 Å². The predicted molar refractivity (Wildman–Crippen MR) is 88.7 cm³/mol. The first-order valence-electron chi connectivity index (χ1n) is 8.41. The Kier molecular flexibility index (Phi) is 6.52. The van der Waals surface area contributed by atoms with Crippen molar-refractivity contribution in [2.75, 3.05) is 20.2 Å². The number of hydrogen-bond acceptors (Lipinski definition) is 3. The van der Waals surface area contributed by atoms with Crippen LogP contribution in [0.25, 0.3) is 0 Å². The smallest absolute Gasteiger partial charge is 0.119 e. The van der Waals surface area contributed by atoms with Gasteiger partial charge in [0.05, 0.1) is 6.61 Å². The van der Waals surface area contributed by atoms with Gasteiger partial charge >= 0.3 is 0 Å². The van der Waals surface area contributed by atoms with E-state index >= 15 is 0 Å². The molecule has 118 valence electrons. The van der Waals surface area contributed by atoms with E-state index in [9.17, 15) is 0 Å². The van der Waals surface area contributed by atoms with Gasteiger partial charge in [0.15, 0.2) is 0 Å². The Bertz CT molecular complexity index is 396. The quantitative estimate of drug-likeness (QED) is 0.811. The van der Waals surface area contributed by atoms with Gasteiger partial charge in [-0.15, -0.1) is 0 Å². The van der Waals surface area contributed by atoms with Crippen molar-refractivity contribution >= 4 is 0 Å². The molecule has 0 radical (unpaired) electrons. The minimum absolute atomic E-state index is 0.309. The van der Waals surface area contributed by atoms with Gasteiger partial charge in [0, 0.05) is 18.6 Å². The number of nitrogens with two attached hydrogens (primary N) is 1. The zero-order valence-electron chi connectivity index (χ0n) is 13.6. The fourth-order valence-corrected chi connectivity index (χ4v) is 3.41. The van der Waals surface area contributed by atoms with Gasteiger partial charge in [-0.1, -0.05) is 37.8 Å². The molecule has 0 aromatic heterocycles. The lowest BCUT2D eigenvalue weighted by Gasteiger charge is -2.34. The third-order valence-electron chi connectivity index (χ3n) is 4.69. The summed E-state index contributed by atoms with van der Waals surface area (Å²) in [5.74, 6) is 0.939. The first kappa shape index (κ1) is 16.3. The Hall–Kier alpha value is -1.06. The molecule has 1 atom stereocenters. The summed E-state index contributed by atoms with van der Waals surface area (Å²) in [6, 6.07) is 9.42. The number of likely N-dealkylation sites (N-methyl/N-ethyl adjacent to an activating group) is 1. The summed E-state index contributed by atoms with van der Waals surface area (Å²) in [6.07, 6.45) is 8.11. The van der Waals surface area contributed by atoms with Crippen LogP contribution in [0.5, 0.6) is 5.75 Å². The van der Waals surface area contributed by atoms with Crippen LogP contribution >= 0.6 is 0 Å². The van der Waals surface area contributed by atoms with Crippen LogP contribution in [-0.4, -0.2) is 31.1 Å². The van der Waals surface area contributed by atoms with Crippen molar-refractivity contribution in [1.82, 2.24) is 4.90 Å². The largest absolute Gasteiger partial charge is 0.494 e. The van der Waals surface area contributed by atoms with E-state index in [1.165, 1.54) is 44.1 Å². The molecule has 1 unspecified atom stereocenters. The molecule has 1 aromatic rings. The lowest BCUT2D eigenvalue weighted by molar-refractivity contribution is 0.161. The van der Waals surface area contributed by atoms with E-state index in [0.29, 0.717) is 25.2 Å². The Morgan fingerprint density at radius 2 is 1.76 bits per heavy atom. The van der Waals surface area contributed by atoms with Crippen LogP contribution in [0.15, 0.2) is 24.3 Å². The zero-order valence-corrected chi connectivity index (χ0v) is 13.6. The van der Waals surface area contributed by atoms with Crippen molar-refractivity contribution in [3.63, 3.8) is 0 Å². The molecular weight excluding hydrogens is 260 g/mol. The number of rotatable bonds is 6. The van der Waals surface area contributed by atoms with Gasteiger partial charge < -0.3 is 10.5 Å². The van der Waals surface area contributed by atoms with Crippen LogP contribution < -0.4 is 10.5 Å². The predicted octanol–water partition coefficient (Wildman–Crippen LogP) is 3.74. The van der Waals surface area contributed by atoms with Crippen LogP contribution in [-0.2, 0) is 0 Å². The van der Waals surface area contributed by atoms with Crippen molar-refractivity contribution in [3.8, 4) is 5.75 Å². The average Bonchev–Trinajstić information content (AvgIpc) is 2.79. The Balaban J connectivity index is 2.06. The van der Waals surface area contributed by atoms with Crippen LogP contribution in [0.1, 0.15) is 57.1 Å². The van der Waals surface area contributed by atoms with Crippen LogP contribution in [0.2, 0.25) is 0 Å². The molecule has 3 heteroatoms. The van der Waals surface area contributed by atoms with Crippen molar-refractivity contribution in [3.05, 3.63) is 29.8 Å². The molecule has 2 N–H and O–H groups in total. The SMILES string of the molecule is CCOc1ccc(C(CN)N(C)C2CCCCCC2)cc1. The summed E-state index contributed by atoms with van der Waals surface area (Å²) in [6.45, 7) is 3.39. The highest BCUT2D eigenvalue weighted by atomic mass is 16.5. The molecule has 2 rings (SSSR count). The molecule has 1 aromatic carbocycles. The van der Waals surface area contributed by atoms with Crippen LogP contribution in [0.4, 0.5) is 0 Å². The van der Waals surface area contributed by atoms with E-state index in [4.69, 9.17) is 10.5 Å². The van der Waals surface area contributed by atoms with Gasteiger partial charge in [0.2, 0.25) is 0 Å². The van der Waals surface area contributed by atoms with Gasteiger partial charge in [0.25, 0.3) is 0 Å². The van der Waals surface area contributed by atoms with E-state index in [2.05, 4.69) is 36.2 Å². The summed E-state index contributed by atoms with van der Waals surface area (Å²) < 4.78 is 5.52. The van der Waals surface area contributed by atoms with Crippen LogP contribution in [0, 0.1) is 0 Å². The maximum absolute atomic E-state index is 6.08. The third-order valence-corrected chi connectivity index (χ3v) is 4.69. The summed E-state index contributed by atoms with van der Waals surface area (Å²) >= 11 is 0. The van der Waals surface area contributed by atoms with E-state index in [1.807, 2.05) is 6.92 Å². The second-order valence-corrected chi connectivity index (χ2v) is 6.06. The molecule has 1 fully saturated rings. The molecule has 3 nitrogen and oxygen atoms in total.